The lowest BCUT2D eigenvalue weighted by atomic mass is 9.96. The second-order valence-electron chi connectivity index (χ2n) is 5.74. The second kappa shape index (κ2) is 6.60. The summed E-state index contributed by atoms with van der Waals surface area (Å²) in [6.45, 7) is 2.78. The van der Waals surface area contributed by atoms with E-state index in [9.17, 15) is 4.79 Å². The third-order valence-electron chi connectivity index (χ3n) is 4.24. The number of aryl methyl sites for hydroxylation is 1. The van der Waals surface area contributed by atoms with Gasteiger partial charge in [-0.2, -0.15) is 0 Å². The molecule has 2 aromatic heterocycles. The number of hydrogen-bond acceptors (Lipinski definition) is 4. The summed E-state index contributed by atoms with van der Waals surface area (Å²) in [6.07, 6.45) is 9.08. The molecule has 0 atom stereocenters. The summed E-state index contributed by atoms with van der Waals surface area (Å²) in [5.74, 6) is 0.492. The number of hydrogen-bond donors (Lipinski definition) is 1. The van der Waals surface area contributed by atoms with Crippen LogP contribution < -0.4 is 10.2 Å². The van der Waals surface area contributed by atoms with Crippen LogP contribution in [0.5, 0.6) is 0 Å². The smallest absolute Gasteiger partial charge is 0.269 e. The van der Waals surface area contributed by atoms with Gasteiger partial charge in [0.05, 0.1) is 12.5 Å². The van der Waals surface area contributed by atoms with Crippen molar-refractivity contribution in [3.05, 3.63) is 42.7 Å². The lowest BCUT2D eigenvalue weighted by molar-refractivity contribution is 0.0936. The minimum absolute atomic E-state index is 0.0448. The van der Waals surface area contributed by atoms with Crippen LogP contribution in [0.4, 0.5) is 5.69 Å². The van der Waals surface area contributed by atoms with Gasteiger partial charge in [-0.1, -0.05) is 0 Å². The molecule has 0 bridgehead atoms. The monoisotopic (exact) mass is 299 g/mol. The number of pyridine rings is 1. The number of piperidine rings is 1. The van der Waals surface area contributed by atoms with Gasteiger partial charge in [-0.3, -0.25) is 9.78 Å². The number of aromatic nitrogens is 3. The summed E-state index contributed by atoms with van der Waals surface area (Å²) in [7, 11) is 1.83. The number of amides is 1. The average molecular weight is 299 g/mol. The van der Waals surface area contributed by atoms with Gasteiger partial charge in [0.25, 0.3) is 5.91 Å². The van der Waals surface area contributed by atoms with Crippen LogP contribution in [0.1, 0.15) is 23.3 Å². The van der Waals surface area contributed by atoms with E-state index in [0.29, 0.717) is 11.6 Å². The summed E-state index contributed by atoms with van der Waals surface area (Å²) >= 11 is 0. The number of carbonyl (C=O) groups excluding carboxylic acids is 1. The molecule has 0 radical (unpaired) electrons. The van der Waals surface area contributed by atoms with E-state index >= 15 is 0 Å². The largest absolute Gasteiger partial charge is 0.371 e. The highest BCUT2D eigenvalue weighted by Gasteiger charge is 2.20. The van der Waals surface area contributed by atoms with Crippen LogP contribution >= 0.6 is 0 Å². The van der Waals surface area contributed by atoms with Gasteiger partial charge in [-0.05, 0) is 30.9 Å². The van der Waals surface area contributed by atoms with Gasteiger partial charge < -0.3 is 14.8 Å². The minimum Gasteiger partial charge on any atom is -0.371 e. The molecule has 1 aliphatic heterocycles. The van der Waals surface area contributed by atoms with Crippen molar-refractivity contribution in [3.63, 3.8) is 0 Å². The van der Waals surface area contributed by atoms with Crippen LogP contribution in [0.15, 0.2) is 37.1 Å². The van der Waals surface area contributed by atoms with E-state index in [1.807, 2.05) is 31.6 Å². The fourth-order valence-electron chi connectivity index (χ4n) is 2.85. The number of imidazole rings is 1. The Kier molecular flexibility index (Phi) is 4.37. The van der Waals surface area contributed by atoms with E-state index in [2.05, 4.69) is 20.2 Å². The molecule has 0 spiro atoms. The molecule has 1 aliphatic rings. The zero-order valence-corrected chi connectivity index (χ0v) is 12.8. The molecule has 3 rings (SSSR count). The van der Waals surface area contributed by atoms with E-state index in [1.165, 1.54) is 5.69 Å². The molecule has 6 nitrogen and oxygen atoms in total. The van der Waals surface area contributed by atoms with Crippen molar-refractivity contribution < 1.29 is 4.79 Å². The van der Waals surface area contributed by atoms with Crippen molar-refractivity contribution in [2.45, 2.75) is 12.8 Å². The quantitative estimate of drug-likeness (QED) is 0.928. The fraction of sp³-hybridized carbons (Fsp3) is 0.438. The Morgan fingerprint density at radius 2 is 2.00 bits per heavy atom. The fourth-order valence-corrected chi connectivity index (χ4v) is 2.85. The first-order valence-corrected chi connectivity index (χ1v) is 7.63. The standard InChI is InChI=1S/C16H21N5O/c1-20-12-18-11-15(20)16(22)19-10-13-4-8-21(9-5-13)14-2-6-17-7-3-14/h2-3,6-7,11-13H,4-5,8-10H2,1H3,(H,19,22). The Balaban J connectivity index is 1.46. The lowest BCUT2D eigenvalue weighted by Crippen LogP contribution is -2.39. The summed E-state index contributed by atoms with van der Waals surface area (Å²) < 4.78 is 1.74. The maximum atomic E-state index is 12.1. The molecule has 2 aromatic rings. The van der Waals surface area contributed by atoms with E-state index in [-0.39, 0.29) is 5.91 Å². The molecule has 3 heterocycles. The van der Waals surface area contributed by atoms with Gasteiger partial charge in [-0.25, -0.2) is 4.98 Å². The van der Waals surface area contributed by atoms with Crippen molar-refractivity contribution in [2.75, 3.05) is 24.5 Å². The van der Waals surface area contributed by atoms with Crippen molar-refractivity contribution in [2.24, 2.45) is 13.0 Å². The Hall–Kier alpha value is -2.37. The Morgan fingerprint density at radius 1 is 1.27 bits per heavy atom. The Labute approximate surface area is 130 Å². The number of nitrogens with zero attached hydrogens (tertiary/aromatic N) is 4. The number of anilines is 1. The molecule has 0 aliphatic carbocycles. The zero-order chi connectivity index (χ0) is 15.4. The van der Waals surface area contributed by atoms with Gasteiger partial charge in [0.15, 0.2) is 0 Å². The molecule has 1 N–H and O–H groups in total. The van der Waals surface area contributed by atoms with Crippen LogP contribution in [0.25, 0.3) is 0 Å². The highest BCUT2D eigenvalue weighted by atomic mass is 16.1. The molecule has 1 saturated heterocycles. The molecule has 22 heavy (non-hydrogen) atoms. The second-order valence-corrected chi connectivity index (χ2v) is 5.74. The topological polar surface area (TPSA) is 63.1 Å². The van der Waals surface area contributed by atoms with Gasteiger partial charge in [0, 0.05) is 44.8 Å². The summed E-state index contributed by atoms with van der Waals surface area (Å²) in [5.41, 5.74) is 1.83. The van der Waals surface area contributed by atoms with E-state index < -0.39 is 0 Å². The van der Waals surface area contributed by atoms with Crippen LogP contribution in [-0.4, -0.2) is 40.1 Å². The number of rotatable bonds is 4. The van der Waals surface area contributed by atoms with Crippen LogP contribution in [0, 0.1) is 5.92 Å². The molecular weight excluding hydrogens is 278 g/mol. The number of nitrogens with one attached hydrogen (secondary N) is 1. The first-order valence-electron chi connectivity index (χ1n) is 7.63. The Bertz CT molecular complexity index is 616. The zero-order valence-electron chi connectivity index (χ0n) is 12.8. The van der Waals surface area contributed by atoms with Gasteiger partial charge in [-0.15, -0.1) is 0 Å². The summed E-state index contributed by atoms with van der Waals surface area (Å²) in [5, 5.41) is 3.02. The maximum absolute atomic E-state index is 12.1. The van der Waals surface area contributed by atoms with Crippen LogP contribution in [-0.2, 0) is 7.05 Å². The summed E-state index contributed by atoms with van der Waals surface area (Å²) in [6, 6.07) is 4.09. The molecular formula is C16H21N5O. The van der Waals surface area contributed by atoms with E-state index in [1.54, 1.807) is 17.1 Å². The predicted octanol–water partition coefficient (Wildman–Crippen LogP) is 1.46. The SMILES string of the molecule is Cn1cncc1C(=O)NCC1CCN(c2ccncc2)CC1. The van der Waals surface area contributed by atoms with Gasteiger partial charge in [0.2, 0.25) is 0 Å². The van der Waals surface area contributed by atoms with Crippen molar-refractivity contribution >= 4 is 11.6 Å². The normalized spacial score (nSPS) is 15.8. The lowest BCUT2D eigenvalue weighted by Gasteiger charge is -2.33. The van der Waals surface area contributed by atoms with Gasteiger partial charge >= 0.3 is 0 Å². The molecule has 1 amide bonds. The molecule has 6 heteroatoms. The summed E-state index contributed by atoms with van der Waals surface area (Å²) in [4.78, 5) is 22.5. The Morgan fingerprint density at radius 3 is 2.64 bits per heavy atom. The van der Waals surface area contributed by atoms with Gasteiger partial charge in [0.1, 0.15) is 5.69 Å². The number of carbonyl (C=O) groups is 1. The van der Waals surface area contributed by atoms with Crippen molar-refractivity contribution in [1.29, 1.82) is 0 Å². The van der Waals surface area contributed by atoms with Crippen molar-refractivity contribution in [3.8, 4) is 0 Å². The molecule has 0 unspecified atom stereocenters. The van der Waals surface area contributed by atoms with E-state index in [4.69, 9.17) is 0 Å². The molecule has 1 fully saturated rings. The van der Waals surface area contributed by atoms with Crippen LogP contribution in [0.3, 0.4) is 0 Å². The van der Waals surface area contributed by atoms with Crippen molar-refractivity contribution in [1.82, 2.24) is 19.9 Å². The van der Waals surface area contributed by atoms with E-state index in [0.717, 1.165) is 32.5 Å². The third-order valence-corrected chi connectivity index (χ3v) is 4.24. The first kappa shape index (κ1) is 14.6. The third kappa shape index (κ3) is 3.27. The van der Waals surface area contributed by atoms with Crippen LogP contribution in [0.2, 0.25) is 0 Å². The average Bonchev–Trinajstić information content (AvgIpc) is 3.00. The first-order chi connectivity index (χ1) is 10.7. The highest BCUT2D eigenvalue weighted by Crippen LogP contribution is 2.22. The molecule has 116 valence electrons. The minimum atomic E-state index is -0.0448. The molecule has 0 aromatic carbocycles. The molecule has 0 saturated carbocycles. The maximum Gasteiger partial charge on any atom is 0.269 e. The predicted molar refractivity (Wildman–Crippen MR) is 84.7 cm³/mol. The highest BCUT2D eigenvalue weighted by molar-refractivity contribution is 5.92.